The summed E-state index contributed by atoms with van der Waals surface area (Å²) < 4.78 is 15.6. The van der Waals surface area contributed by atoms with Crippen LogP contribution in [0, 0.1) is 0 Å². The van der Waals surface area contributed by atoms with Crippen molar-refractivity contribution in [3.8, 4) is 11.5 Å². The van der Waals surface area contributed by atoms with Crippen molar-refractivity contribution >= 4 is 0 Å². The summed E-state index contributed by atoms with van der Waals surface area (Å²) in [5, 5.41) is 3.47. The van der Waals surface area contributed by atoms with E-state index in [4.69, 9.17) is 14.2 Å². The topological polar surface area (TPSA) is 39.7 Å². The Kier molecular flexibility index (Phi) is 7.58. The second-order valence-corrected chi connectivity index (χ2v) is 4.64. The normalized spacial score (nSPS) is 11.8. The Morgan fingerprint density at radius 1 is 1.25 bits per heavy atom. The Morgan fingerprint density at radius 3 is 2.65 bits per heavy atom. The molecule has 1 atom stereocenters. The van der Waals surface area contributed by atoms with Crippen molar-refractivity contribution < 1.29 is 14.2 Å². The number of benzene rings is 1. The quantitative estimate of drug-likeness (QED) is 0.528. The van der Waals surface area contributed by atoms with Crippen molar-refractivity contribution in [2.45, 2.75) is 25.8 Å². The third-order valence-corrected chi connectivity index (χ3v) is 3.04. The molecule has 0 bridgehead atoms. The molecule has 4 heteroatoms. The van der Waals surface area contributed by atoms with Gasteiger partial charge >= 0.3 is 0 Å². The first-order chi connectivity index (χ1) is 9.71. The minimum atomic E-state index is 0.400. The molecule has 1 unspecified atom stereocenters. The average molecular weight is 279 g/mol. The fraction of sp³-hybridized carbons (Fsp3) is 0.500. The molecule has 0 amide bonds. The van der Waals surface area contributed by atoms with Crippen LogP contribution in [-0.2, 0) is 11.2 Å². The highest BCUT2D eigenvalue weighted by atomic mass is 16.5. The summed E-state index contributed by atoms with van der Waals surface area (Å²) in [5.41, 5.74) is 1.23. The van der Waals surface area contributed by atoms with Crippen molar-refractivity contribution in [3.63, 3.8) is 0 Å². The predicted octanol–water partition coefficient (Wildman–Crippen LogP) is 2.77. The molecule has 0 aromatic heterocycles. The lowest BCUT2D eigenvalue weighted by Crippen LogP contribution is -2.29. The minimum absolute atomic E-state index is 0.400. The zero-order valence-corrected chi connectivity index (χ0v) is 12.6. The Morgan fingerprint density at radius 2 is 2.00 bits per heavy atom. The van der Waals surface area contributed by atoms with Crippen LogP contribution in [0.3, 0.4) is 0 Å². The highest BCUT2D eigenvalue weighted by molar-refractivity contribution is 5.43. The summed E-state index contributed by atoms with van der Waals surface area (Å²) in [5.74, 6) is 1.54. The van der Waals surface area contributed by atoms with Gasteiger partial charge in [0.25, 0.3) is 0 Å². The van der Waals surface area contributed by atoms with E-state index in [0.717, 1.165) is 30.9 Å². The Bertz CT molecular complexity index is 407. The van der Waals surface area contributed by atoms with Gasteiger partial charge in [0.1, 0.15) is 0 Å². The van der Waals surface area contributed by atoms with Gasteiger partial charge in [-0.3, -0.25) is 0 Å². The van der Waals surface area contributed by atoms with Crippen LogP contribution in [0.15, 0.2) is 31.0 Å². The molecule has 0 aliphatic carbocycles. The molecule has 0 heterocycles. The Labute approximate surface area is 121 Å². The molecule has 1 aromatic carbocycles. The smallest absolute Gasteiger partial charge is 0.160 e. The SMILES string of the molecule is C=COCCCNC(C)Cc1ccc(OC)c(OC)c1. The molecule has 0 radical (unpaired) electrons. The van der Waals surface area contributed by atoms with Crippen LogP contribution in [0.5, 0.6) is 11.5 Å². The van der Waals surface area contributed by atoms with Crippen molar-refractivity contribution in [2.24, 2.45) is 0 Å². The molecule has 0 spiro atoms. The van der Waals surface area contributed by atoms with Crippen molar-refractivity contribution in [2.75, 3.05) is 27.4 Å². The van der Waals surface area contributed by atoms with Crippen LogP contribution in [-0.4, -0.2) is 33.4 Å². The first-order valence-electron chi connectivity index (χ1n) is 6.88. The van der Waals surface area contributed by atoms with E-state index in [1.807, 2.05) is 12.1 Å². The van der Waals surface area contributed by atoms with E-state index in [9.17, 15) is 0 Å². The monoisotopic (exact) mass is 279 g/mol. The van der Waals surface area contributed by atoms with E-state index < -0.39 is 0 Å². The second kappa shape index (κ2) is 9.26. The standard InChI is InChI=1S/C16H25NO3/c1-5-20-10-6-9-17-13(2)11-14-7-8-15(18-3)16(12-14)19-4/h5,7-8,12-13,17H,1,6,9-11H2,2-4H3. The minimum Gasteiger partial charge on any atom is -0.502 e. The summed E-state index contributed by atoms with van der Waals surface area (Å²) in [6, 6.07) is 6.44. The molecular formula is C16H25NO3. The number of hydrogen-bond donors (Lipinski definition) is 1. The third kappa shape index (κ3) is 5.53. The van der Waals surface area contributed by atoms with Gasteiger partial charge in [-0.1, -0.05) is 12.6 Å². The Balaban J connectivity index is 2.41. The fourth-order valence-electron chi connectivity index (χ4n) is 2.02. The molecule has 0 saturated carbocycles. The highest BCUT2D eigenvalue weighted by Gasteiger charge is 2.07. The number of hydrogen-bond acceptors (Lipinski definition) is 4. The van der Waals surface area contributed by atoms with Gasteiger partial charge < -0.3 is 19.5 Å². The number of rotatable bonds is 10. The van der Waals surface area contributed by atoms with Gasteiger partial charge in [-0.25, -0.2) is 0 Å². The summed E-state index contributed by atoms with van der Waals surface area (Å²) in [6.07, 6.45) is 3.40. The predicted molar refractivity (Wildman–Crippen MR) is 81.5 cm³/mol. The van der Waals surface area contributed by atoms with Gasteiger partial charge in [0.2, 0.25) is 0 Å². The highest BCUT2D eigenvalue weighted by Crippen LogP contribution is 2.27. The summed E-state index contributed by atoms with van der Waals surface area (Å²) in [7, 11) is 3.30. The zero-order chi connectivity index (χ0) is 14.8. The first-order valence-corrected chi connectivity index (χ1v) is 6.88. The van der Waals surface area contributed by atoms with Crippen LogP contribution in [0.4, 0.5) is 0 Å². The molecule has 20 heavy (non-hydrogen) atoms. The molecule has 0 aliphatic heterocycles. The van der Waals surface area contributed by atoms with Gasteiger partial charge in [-0.2, -0.15) is 0 Å². The van der Waals surface area contributed by atoms with Crippen LogP contribution >= 0.6 is 0 Å². The summed E-state index contributed by atoms with van der Waals surface area (Å²) >= 11 is 0. The summed E-state index contributed by atoms with van der Waals surface area (Å²) in [4.78, 5) is 0. The van der Waals surface area contributed by atoms with Gasteiger partial charge in [-0.05, 0) is 44.0 Å². The maximum absolute atomic E-state index is 5.31. The van der Waals surface area contributed by atoms with Crippen molar-refractivity contribution in [3.05, 3.63) is 36.6 Å². The largest absolute Gasteiger partial charge is 0.502 e. The van der Waals surface area contributed by atoms with Crippen LogP contribution < -0.4 is 14.8 Å². The zero-order valence-electron chi connectivity index (χ0n) is 12.6. The molecule has 0 fully saturated rings. The third-order valence-electron chi connectivity index (χ3n) is 3.04. The first kappa shape index (κ1) is 16.4. The van der Waals surface area contributed by atoms with Gasteiger partial charge in [0.15, 0.2) is 11.5 Å². The molecule has 4 nitrogen and oxygen atoms in total. The van der Waals surface area contributed by atoms with E-state index in [0.29, 0.717) is 12.6 Å². The van der Waals surface area contributed by atoms with Crippen LogP contribution in [0.25, 0.3) is 0 Å². The Hall–Kier alpha value is -1.68. The molecule has 0 aliphatic rings. The molecule has 1 N–H and O–H groups in total. The fourth-order valence-corrected chi connectivity index (χ4v) is 2.02. The lowest BCUT2D eigenvalue weighted by Gasteiger charge is -2.15. The maximum atomic E-state index is 5.31. The van der Waals surface area contributed by atoms with Gasteiger partial charge in [-0.15, -0.1) is 0 Å². The van der Waals surface area contributed by atoms with E-state index in [-0.39, 0.29) is 0 Å². The number of nitrogens with one attached hydrogen (secondary N) is 1. The molecule has 0 saturated heterocycles. The van der Waals surface area contributed by atoms with E-state index in [1.165, 1.54) is 11.8 Å². The van der Waals surface area contributed by atoms with E-state index in [2.05, 4.69) is 24.9 Å². The lowest BCUT2D eigenvalue weighted by atomic mass is 10.1. The molecular weight excluding hydrogens is 254 g/mol. The van der Waals surface area contributed by atoms with E-state index in [1.54, 1.807) is 14.2 Å². The summed E-state index contributed by atoms with van der Waals surface area (Å²) in [6.45, 7) is 7.33. The number of methoxy groups -OCH3 is 2. The van der Waals surface area contributed by atoms with E-state index >= 15 is 0 Å². The van der Waals surface area contributed by atoms with Crippen LogP contribution in [0.2, 0.25) is 0 Å². The number of ether oxygens (including phenoxy) is 3. The van der Waals surface area contributed by atoms with Crippen molar-refractivity contribution in [1.29, 1.82) is 0 Å². The second-order valence-electron chi connectivity index (χ2n) is 4.64. The van der Waals surface area contributed by atoms with Crippen molar-refractivity contribution in [1.82, 2.24) is 5.32 Å². The lowest BCUT2D eigenvalue weighted by molar-refractivity contribution is 0.243. The van der Waals surface area contributed by atoms with Crippen LogP contribution in [0.1, 0.15) is 18.9 Å². The molecule has 1 rings (SSSR count). The maximum Gasteiger partial charge on any atom is 0.160 e. The molecule has 1 aromatic rings. The van der Waals surface area contributed by atoms with Gasteiger partial charge in [0.05, 0.1) is 27.1 Å². The molecule has 112 valence electrons. The average Bonchev–Trinajstić information content (AvgIpc) is 2.46. The van der Waals surface area contributed by atoms with Gasteiger partial charge in [0, 0.05) is 6.04 Å².